The third-order valence-electron chi connectivity index (χ3n) is 11.5. The van der Waals surface area contributed by atoms with Gasteiger partial charge in [-0.05, 0) is 0 Å². The van der Waals surface area contributed by atoms with E-state index >= 15 is 0 Å². The van der Waals surface area contributed by atoms with Crippen molar-refractivity contribution < 1.29 is 319 Å². The van der Waals surface area contributed by atoms with Crippen LogP contribution in [0, 0.1) is 0 Å². The number of nitrogen functional groups attached to an aromatic ring is 3. The number of aromatic amines is 1. The van der Waals surface area contributed by atoms with Crippen LogP contribution in [0.4, 0.5) is 17.7 Å². The van der Waals surface area contributed by atoms with Gasteiger partial charge in [-0.2, -0.15) is 4.98 Å². The van der Waals surface area contributed by atoms with Gasteiger partial charge in [-0.1, -0.05) is 4.98 Å². The molecule has 3 aliphatic heterocycles. The number of aromatic nitrogens is 12. The summed E-state index contributed by atoms with van der Waals surface area (Å²) in [4.78, 5) is 93.8. The number of rotatable bonds is 19. The summed E-state index contributed by atoms with van der Waals surface area (Å²) in [5, 5.41) is 55.4. The van der Waals surface area contributed by atoms with Gasteiger partial charge in [0.05, 0.1) is 39.5 Å². The number of phosphoric ester groups is 3. The first-order chi connectivity index (χ1) is 35.2. The van der Waals surface area contributed by atoms with E-state index in [1.54, 1.807) is 0 Å². The summed E-state index contributed by atoms with van der Waals surface area (Å²) in [7, 11) is -22.4. The van der Waals surface area contributed by atoms with Crippen LogP contribution in [0.3, 0.4) is 0 Å². The van der Waals surface area contributed by atoms with Crippen LogP contribution in [0.5, 0.6) is 5.88 Å². The molecule has 0 radical (unpaired) electrons. The molecule has 0 amide bonds. The minimum atomic E-state index is -6.59. The number of nitrogens with one attached hydrogen (secondary N) is 1. The summed E-state index contributed by atoms with van der Waals surface area (Å²) in [6, 6.07) is 0. The van der Waals surface area contributed by atoms with Crippen molar-refractivity contribution in [3.63, 3.8) is 0 Å². The fourth-order valence-electron chi connectivity index (χ4n) is 8.22. The van der Waals surface area contributed by atoms with Crippen molar-refractivity contribution in [1.29, 1.82) is 0 Å². The number of hydrogen-bond donors (Lipinski definition) is 8. The molecule has 6 aromatic heterocycles. The smallest absolute Gasteiger partial charge is 0.856 e. The number of aliphatic hydroxyl groups excluding tert-OH is 4. The molecule has 47 heteroatoms. The molecule has 4 unspecified atom stereocenters. The number of fused-ring (bicyclic) bond motifs is 3. The Morgan fingerprint density at radius 2 is 1.25 bits per heavy atom. The number of anilines is 3. The van der Waals surface area contributed by atoms with Crippen molar-refractivity contribution in [2.75, 3.05) is 44.1 Å². The number of hydrogen-bond acceptors (Lipinski definition) is 34. The number of aryl methyl sites for hydroxylation is 1. The van der Waals surface area contributed by atoms with Crippen LogP contribution in [0.25, 0.3) is 33.5 Å². The third kappa shape index (κ3) is 15.6. The number of imidazole rings is 3. The Bertz CT molecular complexity index is 3420. The van der Waals surface area contributed by atoms with E-state index in [-0.39, 0.29) is 251 Å². The summed E-state index contributed by atoms with van der Waals surface area (Å²) < 4.78 is 106. The standard InChI is InChI=1S/C32H43N15O24P4.4K/c1-44-9-47(25-15(44)27(53)43-32(35)41-25)29-19(51)17(49)11(67-29)4-64-73(56,57)70-75(60,61)71-74(58,59)65-5-12-20(21(62-2)30(68-12)45-7-38-13-22(33)36-6-37-23(13)45)69-72(54,55)63-3-10-16(48)18(50)28(66-10)46-8-39-14-24(46)40-31(34)42-26(14)52;;;;/h6-12,16-21,28-30,48-51H,3-5H2,1-2H3,(H11-,33,34,35,36,37,40,41,42,43,52,53,54,55,56,57,58,59,60,61);;;;/q;4*+1/p-4/t10-,11-,12-,16-,17-,18-,19-,20-,21-,28-,29-,30-;;;;/m1..../s1. The second kappa shape index (κ2) is 28.3. The van der Waals surface area contributed by atoms with E-state index in [0.717, 1.165) is 39.8 Å². The van der Waals surface area contributed by atoms with Crippen molar-refractivity contribution in [2.24, 2.45) is 7.05 Å². The zero-order chi connectivity index (χ0) is 54.3. The molecule has 16 atom stereocenters. The van der Waals surface area contributed by atoms with E-state index < -0.39 is 142 Å². The molecule has 0 aliphatic carbocycles. The third-order valence-corrected chi connectivity index (χ3v) is 16.6. The van der Waals surface area contributed by atoms with Crippen LogP contribution >= 0.6 is 31.3 Å². The van der Waals surface area contributed by atoms with E-state index in [1.807, 2.05) is 0 Å². The number of ether oxygens (including phenoxy) is 4. The number of aliphatic hydroxyl groups is 4. The Balaban J connectivity index is 0.00000287. The summed E-state index contributed by atoms with van der Waals surface area (Å²) >= 11 is 0. The SMILES string of the molecule is CO[C@@H]1[C@H](OP(=O)([O-])OC[C@H]2O[C@@H](n3cnc4c(=O)[nH]c(N)nc43)[C@H](O)[C@@H]2O)[C@@H](COP(=O)([O-])OP(=O)([O-])OP(=O)([O-])OC[C@H]2O[C@@H]([n+]3cn(C)c4c([O-])nc(N)nc43)[C@H](O)[C@@H]2O)O[C@H]1n1cnc2c(N)ncnc21.[K+].[K+].[K+].[K+]. The summed E-state index contributed by atoms with van der Waals surface area (Å²) in [6.07, 6.45) is -16.8. The molecule has 0 saturated carbocycles. The van der Waals surface area contributed by atoms with E-state index in [4.69, 9.17) is 45.2 Å². The van der Waals surface area contributed by atoms with Gasteiger partial charge in [-0.15, -0.1) is 0 Å². The largest absolute Gasteiger partial charge is 1.00 e. The van der Waals surface area contributed by atoms with Crippen molar-refractivity contribution >= 4 is 82.5 Å². The van der Waals surface area contributed by atoms with Gasteiger partial charge in [0.2, 0.25) is 12.2 Å². The molecule has 3 saturated heterocycles. The number of phosphoric acid groups is 4. The molecule has 0 spiro atoms. The van der Waals surface area contributed by atoms with Gasteiger partial charge in [0.15, 0.2) is 46.9 Å². The minimum absolute atomic E-state index is 0. The molecule has 11 N–H and O–H groups in total. The molecule has 410 valence electrons. The maximum atomic E-state index is 13.5. The first kappa shape index (κ1) is 71.2. The van der Waals surface area contributed by atoms with Crippen LogP contribution in [0.15, 0.2) is 30.1 Å². The Labute approximate surface area is 611 Å². The van der Waals surface area contributed by atoms with Crippen LogP contribution in [-0.2, 0) is 71.0 Å². The van der Waals surface area contributed by atoms with Gasteiger partial charge in [-0.3, -0.25) is 41.7 Å². The normalized spacial score (nSPS) is 28.9. The van der Waals surface area contributed by atoms with Crippen molar-refractivity contribution in [3.8, 4) is 5.88 Å². The Hall–Kier alpha value is 1.40. The topological polar surface area (TPSA) is 577 Å². The minimum Gasteiger partial charge on any atom is -0.856 e. The van der Waals surface area contributed by atoms with Crippen molar-refractivity contribution in [2.45, 2.75) is 73.6 Å². The molecule has 79 heavy (non-hydrogen) atoms. The Kier molecular flexibility index (Phi) is 25.5. The summed E-state index contributed by atoms with van der Waals surface area (Å²) in [5.41, 5.74) is 15.7. The first-order valence-corrected chi connectivity index (χ1v) is 26.9. The number of H-pyrrole nitrogens is 1. The van der Waals surface area contributed by atoms with Gasteiger partial charge in [0, 0.05) is 13.0 Å². The predicted molar refractivity (Wildman–Crippen MR) is 227 cm³/mol. The van der Waals surface area contributed by atoms with Crippen LogP contribution in [0.1, 0.15) is 18.7 Å². The summed E-state index contributed by atoms with van der Waals surface area (Å²) in [6.45, 7) is -3.74. The van der Waals surface area contributed by atoms with Crippen LogP contribution in [0.2, 0.25) is 0 Å². The van der Waals surface area contributed by atoms with E-state index in [0.29, 0.717) is 0 Å². The second-order valence-electron chi connectivity index (χ2n) is 16.3. The van der Waals surface area contributed by atoms with E-state index in [1.165, 1.54) is 17.9 Å². The maximum Gasteiger partial charge on any atom is 1.00 e. The molecule has 6 aromatic rings. The van der Waals surface area contributed by atoms with Gasteiger partial charge in [-0.25, -0.2) is 38.1 Å². The zero-order valence-electron chi connectivity index (χ0n) is 41.8. The average molecular weight is 1300 g/mol. The molecule has 9 rings (SSSR count). The van der Waals surface area contributed by atoms with Gasteiger partial charge < -0.3 is 99.3 Å². The van der Waals surface area contributed by atoms with Crippen LogP contribution in [-0.4, -0.2) is 156 Å². The Morgan fingerprint density at radius 3 is 1.89 bits per heavy atom. The second-order valence-corrected chi connectivity index (χ2v) is 22.2. The number of methoxy groups -OCH3 is 1. The van der Waals surface area contributed by atoms with Gasteiger partial charge in [0.1, 0.15) is 66.8 Å². The quantitative estimate of drug-likeness (QED) is 0.0212. The van der Waals surface area contributed by atoms with E-state index in [2.05, 4.69) is 57.5 Å². The molecular weight excluding hydrogens is 1260 g/mol. The Morgan fingerprint density at radius 1 is 0.696 bits per heavy atom. The first-order valence-electron chi connectivity index (χ1n) is 21.0. The fraction of sp³-hybridized carbons (Fsp3) is 0.531. The summed E-state index contributed by atoms with van der Waals surface area (Å²) in [5.74, 6) is -1.72. The molecule has 3 aliphatic rings. The van der Waals surface area contributed by atoms with Crippen molar-refractivity contribution in [3.05, 3.63) is 35.7 Å². The molecule has 0 aromatic carbocycles. The molecule has 0 bridgehead atoms. The fourth-order valence-corrected chi connectivity index (χ4v) is 12.5. The zero-order valence-corrected chi connectivity index (χ0v) is 57.8. The maximum absolute atomic E-state index is 13.5. The van der Waals surface area contributed by atoms with E-state index in [9.17, 15) is 68.2 Å². The molecule has 3 fully saturated rings. The molecular formula is C32H39K4N15O24P4. The monoisotopic (exact) mass is 1300 g/mol. The predicted octanol–water partition coefficient (Wildman–Crippen LogP) is -19.4. The number of nitrogens with zero attached hydrogens (tertiary/aromatic N) is 11. The van der Waals surface area contributed by atoms with Gasteiger partial charge >= 0.3 is 211 Å². The number of nitrogens with two attached hydrogens (primary N) is 3. The van der Waals surface area contributed by atoms with Crippen LogP contribution < -0.4 is 258 Å². The molecule has 9 heterocycles. The van der Waals surface area contributed by atoms with Crippen molar-refractivity contribution in [1.82, 2.24) is 53.6 Å². The molecule has 39 nitrogen and oxygen atoms in total. The average Bonchev–Trinajstić information content (AvgIpc) is 4.17. The van der Waals surface area contributed by atoms with Gasteiger partial charge in [0.25, 0.3) is 42.8 Å².